The van der Waals surface area contributed by atoms with E-state index < -0.39 is 0 Å². The van der Waals surface area contributed by atoms with Gasteiger partial charge in [-0.05, 0) is 30.9 Å². The van der Waals surface area contributed by atoms with Gasteiger partial charge in [0.2, 0.25) is 0 Å². The molecule has 0 spiro atoms. The van der Waals surface area contributed by atoms with E-state index in [4.69, 9.17) is 9.47 Å². The average molecular weight is 352 g/mol. The molecule has 3 heterocycles. The van der Waals surface area contributed by atoms with E-state index in [-0.39, 0.29) is 11.3 Å². The second-order valence-corrected chi connectivity index (χ2v) is 8.09. The van der Waals surface area contributed by atoms with Crippen LogP contribution in [0.1, 0.15) is 23.2 Å². The summed E-state index contributed by atoms with van der Waals surface area (Å²) in [5, 5.41) is 0.923. The number of hydrogen-bond acceptors (Lipinski definition) is 4. The molecule has 5 heteroatoms. The average Bonchev–Trinajstić information content (AvgIpc) is 3.30. The number of carbonyl (C=O) groups is 1. The monoisotopic (exact) mass is 352 g/mol. The van der Waals surface area contributed by atoms with Gasteiger partial charge in [0.1, 0.15) is 0 Å². The molecule has 3 fully saturated rings. The summed E-state index contributed by atoms with van der Waals surface area (Å²) in [5.74, 6) is 1.23. The number of para-hydroxylation sites is 1. The summed E-state index contributed by atoms with van der Waals surface area (Å²) in [5.41, 5.74) is 1.57. The van der Waals surface area contributed by atoms with Crippen LogP contribution >= 0.6 is 0 Å². The molecule has 0 radical (unpaired) electrons. The Kier molecular flexibility index (Phi) is 3.94. The van der Waals surface area contributed by atoms with Crippen molar-refractivity contribution >= 4 is 16.8 Å². The van der Waals surface area contributed by atoms with Gasteiger partial charge in [-0.3, -0.25) is 9.78 Å². The summed E-state index contributed by atoms with van der Waals surface area (Å²) in [4.78, 5) is 19.6. The fourth-order valence-electron chi connectivity index (χ4n) is 4.36. The van der Waals surface area contributed by atoms with Crippen molar-refractivity contribution < 1.29 is 14.3 Å². The molecule has 2 saturated heterocycles. The number of nitrogens with zero attached hydrogens (tertiary/aromatic N) is 2. The molecule has 1 aromatic carbocycles. The van der Waals surface area contributed by atoms with E-state index in [0.717, 1.165) is 48.7 Å². The number of aromatic nitrogens is 1. The Balaban J connectivity index is 1.36. The van der Waals surface area contributed by atoms with Crippen LogP contribution in [0.15, 0.2) is 36.5 Å². The van der Waals surface area contributed by atoms with E-state index in [1.807, 2.05) is 35.2 Å². The number of amides is 1. The normalized spacial score (nSPS) is 27.8. The van der Waals surface area contributed by atoms with Gasteiger partial charge in [0.25, 0.3) is 5.91 Å². The van der Waals surface area contributed by atoms with Gasteiger partial charge in [-0.1, -0.05) is 18.2 Å². The molecular weight excluding hydrogens is 328 g/mol. The molecule has 0 unspecified atom stereocenters. The van der Waals surface area contributed by atoms with Crippen LogP contribution in [-0.2, 0) is 9.47 Å². The minimum Gasteiger partial charge on any atom is -0.380 e. The van der Waals surface area contributed by atoms with Crippen molar-refractivity contribution in [2.24, 2.45) is 17.3 Å². The van der Waals surface area contributed by atoms with Gasteiger partial charge in [0.05, 0.1) is 30.9 Å². The van der Waals surface area contributed by atoms with Gasteiger partial charge in [-0.2, -0.15) is 0 Å². The zero-order valence-corrected chi connectivity index (χ0v) is 14.9. The van der Waals surface area contributed by atoms with Gasteiger partial charge in [-0.15, -0.1) is 0 Å². The summed E-state index contributed by atoms with van der Waals surface area (Å²) in [6.07, 6.45) is 4.32. The van der Waals surface area contributed by atoms with Crippen molar-refractivity contribution in [3.8, 4) is 0 Å². The number of ether oxygens (including phenoxy) is 2. The number of fused-ring (bicyclic) bond motifs is 2. The smallest absolute Gasteiger partial charge is 0.254 e. The lowest BCUT2D eigenvalue weighted by Gasteiger charge is -2.27. The van der Waals surface area contributed by atoms with Crippen molar-refractivity contribution in [2.75, 3.05) is 39.5 Å². The molecule has 1 aromatic heterocycles. The number of benzene rings is 1. The lowest BCUT2D eigenvalue weighted by atomic mass is 9.82. The molecule has 136 valence electrons. The second-order valence-electron chi connectivity index (χ2n) is 8.09. The summed E-state index contributed by atoms with van der Waals surface area (Å²) in [6.45, 7) is 4.46. The fourth-order valence-corrected chi connectivity index (χ4v) is 4.36. The van der Waals surface area contributed by atoms with Crippen molar-refractivity contribution in [2.45, 2.75) is 12.8 Å². The molecule has 2 aliphatic heterocycles. The number of likely N-dealkylation sites (tertiary alicyclic amines) is 1. The highest BCUT2D eigenvalue weighted by atomic mass is 16.5. The van der Waals surface area contributed by atoms with E-state index in [2.05, 4.69) is 4.98 Å². The van der Waals surface area contributed by atoms with Crippen LogP contribution in [0.4, 0.5) is 0 Å². The van der Waals surface area contributed by atoms with Crippen LogP contribution < -0.4 is 0 Å². The highest BCUT2D eigenvalue weighted by molar-refractivity contribution is 6.06. The third kappa shape index (κ3) is 2.79. The molecule has 5 rings (SSSR count). The van der Waals surface area contributed by atoms with Crippen LogP contribution in [0.3, 0.4) is 0 Å². The van der Waals surface area contributed by atoms with E-state index >= 15 is 0 Å². The Morgan fingerprint density at radius 1 is 1.31 bits per heavy atom. The standard InChI is InChI=1S/C21H24N2O3/c24-20(18-7-8-22-19-4-2-1-3-17(18)19)23-9-16-11-26-14-21(16,12-23)13-25-10-15-5-6-15/h1-4,7-8,15-16H,5-6,9-14H2/t16-,21-/m1/s1. The molecule has 26 heavy (non-hydrogen) atoms. The maximum absolute atomic E-state index is 13.2. The summed E-state index contributed by atoms with van der Waals surface area (Å²) in [7, 11) is 0. The molecule has 1 aliphatic carbocycles. The number of rotatable bonds is 5. The Bertz CT molecular complexity index is 830. The van der Waals surface area contributed by atoms with Crippen LogP contribution in [0.5, 0.6) is 0 Å². The number of pyridine rings is 1. The Morgan fingerprint density at radius 2 is 2.19 bits per heavy atom. The first kappa shape index (κ1) is 16.2. The quantitative estimate of drug-likeness (QED) is 0.830. The zero-order valence-electron chi connectivity index (χ0n) is 14.9. The Morgan fingerprint density at radius 3 is 3.08 bits per heavy atom. The Hall–Kier alpha value is -1.98. The molecule has 1 amide bonds. The lowest BCUT2D eigenvalue weighted by Crippen LogP contribution is -2.37. The van der Waals surface area contributed by atoms with Crippen LogP contribution in [0, 0.1) is 17.3 Å². The third-order valence-electron chi connectivity index (χ3n) is 6.13. The van der Waals surface area contributed by atoms with Crippen molar-refractivity contribution in [1.29, 1.82) is 0 Å². The number of carbonyl (C=O) groups excluding carboxylic acids is 1. The van der Waals surface area contributed by atoms with Crippen molar-refractivity contribution in [1.82, 2.24) is 9.88 Å². The second kappa shape index (κ2) is 6.32. The van der Waals surface area contributed by atoms with Gasteiger partial charge >= 0.3 is 0 Å². The first-order valence-corrected chi connectivity index (χ1v) is 9.54. The van der Waals surface area contributed by atoms with Gasteiger partial charge < -0.3 is 14.4 Å². The molecule has 0 bridgehead atoms. The van der Waals surface area contributed by atoms with Crippen LogP contribution in [-0.4, -0.2) is 55.3 Å². The molecular formula is C21H24N2O3. The van der Waals surface area contributed by atoms with E-state index in [9.17, 15) is 4.79 Å². The highest BCUT2D eigenvalue weighted by Gasteiger charge is 2.52. The maximum Gasteiger partial charge on any atom is 0.254 e. The summed E-state index contributed by atoms with van der Waals surface area (Å²) < 4.78 is 11.8. The lowest BCUT2D eigenvalue weighted by molar-refractivity contribution is 0.0223. The van der Waals surface area contributed by atoms with Crippen LogP contribution in [0.2, 0.25) is 0 Å². The van der Waals surface area contributed by atoms with Gasteiger partial charge in [-0.25, -0.2) is 0 Å². The molecule has 2 atom stereocenters. The van der Waals surface area contributed by atoms with E-state index in [0.29, 0.717) is 19.1 Å². The third-order valence-corrected chi connectivity index (χ3v) is 6.13. The minimum absolute atomic E-state index is 0.0343. The fraction of sp³-hybridized carbons (Fsp3) is 0.524. The summed E-state index contributed by atoms with van der Waals surface area (Å²) in [6, 6.07) is 9.68. The minimum atomic E-state index is -0.0343. The number of hydrogen-bond donors (Lipinski definition) is 0. The van der Waals surface area contributed by atoms with E-state index in [1.54, 1.807) is 6.20 Å². The first-order chi connectivity index (χ1) is 12.8. The molecule has 1 saturated carbocycles. The topological polar surface area (TPSA) is 51.7 Å². The zero-order chi connectivity index (χ0) is 17.6. The molecule has 0 N–H and O–H groups in total. The highest BCUT2D eigenvalue weighted by Crippen LogP contribution is 2.42. The van der Waals surface area contributed by atoms with Crippen molar-refractivity contribution in [3.05, 3.63) is 42.1 Å². The van der Waals surface area contributed by atoms with Gasteiger partial charge in [0.15, 0.2) is 0 Å². The SMILES string of the molecule is O=C(c1ccnc2ccccc12)N1C[C@@H]2COC[C@]2(COCC2CC2)C1. The maximum atomic E-state index is 13.2. The molecule has 2 aromatic rings. The summed E-state index contributed by atoms with van der Waals surface area (Å²) >= 11 is 0. The first-order valence-electron chi connectivity index (χ1n) is 9.54. The van der Waals surface area contributed by atoms with Crippen LogP contribution in [0.25, 0.3) is 10.9 Å². The molecule has 5 nitrogen and oxygen atoms in total. The molecule has 3 aliphatic rings. The predicted octanol–water partition coefficient (Wildman–Crippen LogP) is 2.75. The Labute approximate surface area is 153 Å². The van der Waals surface area contributed by atoms with Gasteiger partial charge in [0, 0.05) is 42.6 Å². The largest absolute Gasteiger partial charge is 0.380 e. The van der Waals surface area contributed by atoms with Crippen molar-refractivity contribution in [3.63, 3.8) is 0 Å². The predicted molar refractivity (Wildman–Crippen MR) is 97.9 cm³/mol. The van der Waals surface area contributed by atoms with E-state index in [1.165, 1.54) is 12.8 Å².